The van der Waals surface area contributed by atoms with E-state index in [2.05, 4.69) is 65.9 Å². The number of halogens is 1. The molecule has 2 heterocycles. The van der Waals surface area contributed by atoms with Gasteiger partial charge in [0, 0.05) is 36.3 Å². The van der Waals surface area contributed by atoms with Crippen LogP contribution in [-0.4, -0.2) is 36.5 Å². The van der Waals surface area contributed by atoms with Gasteiger partial charge in [0.2, 0.25) is 0 Å². The fraction of sp³-hybridized carbons (Fsp3) is 0.529. The number of aliphatic imine (C=N–C) groups is 1. The molecule has 4 nitrogen and oxygen atoms in total. The molecule has 0 saturated heterocycles. The Morgan fingerprint density at radius 2 is 2.08 bits per heavy atom. The van der Waals surface area contributed by atoms with Crippen molar-refractivity contribution in [3.8, 4) is 0 Å². The van der Waals surface area contributed by atoms with Gasteiger partial charge in [-0.3, -0.25) is 4.99 Å². The lowest BCUT2D eigenvalue weighted by Crippen LogP contribution is -2.39. The zero-order chi connectivity index (χ0) is 16.9. The molecule has 0 aliphatic carbocycles. The van der Waals surface area contributed by atoms with Crippen LogP contribution in [0.15, 0.2) is 27.9 Å². The Bertz CT molecular complexity index is 629. The molecule has 2 aromatic heterocycles. The molecule has 0 radical (unpaired) electrons. The number of guanidine groups is 1. The van der Waals surface area contributed by atoms with E-state index in [-0.39, 0.29) is 29.4 Å². The summed E-state index contributed by atoms with van der Waals surface area (Å²) in [4.78, 5) is 12.7. The van der Waals surface area contributed by atoms with E-state index in [9.17, 15) is 0 Å². The molecule has 0 aliphatic rings. The maximum atomic E-state index is 4.72. The van der Waals surface area contributed by atoms with Crippen molar-refractivity contribution in [1.29, 1.82) is 0 Å². The molecule has 0 fully saturated rings. The van der Waals surface area contributed by atoms with E-state index in [1.54, 1.807) is 22.7 Å². The number of likely N-dealkylation sites (N-methyl/N-ethyl adjacent to an activating group) is 1. The summed E-state index contributed by atoms with van der Waals surface area (Å²) in [5, 5.41) is 8.78. The third-order valence-corrected chi connectivity index (χ3v) is 5.35. The highest BCUT2D eigenvalue weighted by Crippen LogP contribution is 2.23. The number of hydrogen-bond donors (Lipinski definition) is 1. The Labute approximate surface area is 170 Å². The van der Waals surface area contributed by atoms with Gasteiger partial charge in [-0.15, -0.1) is 46.7 Å². The van der Waals surface area contributed by atoms with Crippen LogP contribution < -0.4 is 5.32 Å². The lowest BCUT2D eigenvalue weighted by atomic mass is 9.93. The minimum Gasteiger partial charge on any atom is -0.350 e. The topological polar surface area (TPSA) is 40.5 Å². The van der Waals surface area contributed by atoms with Gasteiger partial charge in [-0.1, -0.05) is 26.8 Å². The highest BCUT2D eigenvalue weighted by Gasteiger charge is 2.17. The minimum absolute atomic E-state index is 0. The first-order valence-electron chi connectivity index (χ1n) is 7.79. The van der Waals surface area contributed by atoms with Crippen LogP contribution in [0.1, 0.15) is 36.3 Å². The Morgan fingerprint density at radius 1 is 1.33 bits per heavy atom. The molecule has 0 amide bonds. The van der Waals surface area contributed by atoms with E-state index in [0.29, 0.717) is 0 Å². The zero-order valence-corrected chi connectivity index (χ0v) is 19.0. The fourth-order valence-electron chi connectivity index (χ4n) is 2.11. The van der Waals surface area contributed by atoms with Crippen LogP contribution in [0.25, 0.3) is 0 Å². The maximum absolute atomic E-state index is 4.72. The highest BCUT2D eigenvalue weighted by molar-refractivity contribution is 14.0. The fourth-order valence-corrected chi connectivity index (χ4v) is 3.77. The van der Waals surface area contributed by atoms with E-state index in [1.165, 1.54) is 4.88 Å². The number of thiophene rings is 1. The summed E-state index contributed by atoms with van der Waals surface area (Å²) in [5.74, 6) is 0.911. The summed E-state index contributed by atoms with van der Waals surface area (Å²) in [6.07, 6.45) is 1.04. The van der Waals surface area contributed by atoms with Gasteiger partial charge in [0.1, 0.15) is 5.01 Å². The van der Waals surface area contributed by atoms with Crippen molar-refractivity contribution in [3.05, 3.63) is 38.5 Å². The number of thiazole rings is 1. The van der Waals surface area contributed by atoms with E-state index < -0.39 is 0 Å². The van der Waals surface area contributed by atoms with Crippen LogP contribution in [0.5, 0.6) is 0 Å². The Balaban J connectivity index is 0.00000288. The van der Waals surface area contributed by atoms with Gasteiger partial charge >= 0.3 is 0 Å². The SMILES string of the molecule is CN=C(NCc1nc(C(C)(C)C)cs1)N(C)CCc1cccs1.I. The van der Waals surface area contributed by atoms with E-state index in [4.69, 9.17) is 4.98 Å². The predicted molar refractivity (Wildman–Crippen MR) is 117 cm³/mol. The molecule has 0 unspecified atom stereocenters. The first kappa shape index (κ1) is 21.4. The van der Waals surface area contributed by atoms with Crippen molar-refractivity contribution in [1.82, 2.24) is 15.2 Å². The molecule has 24 heavy (non-hydrogen) atoms. The largest absolute Gasteiger partial charge is 0.350 e. The summed E-state index contributed by atoms with van der Waals surface area (Å²) in [7, 11) is 3.90. The van der Waals surface area contributed by atoms with Gasteiger partial charge in [-0.2, -0.15) is 0 Å². The zero-order valence-electron chi connectivity index (χ0n) is 15.0. The first-order chi connectivity index (χ1) is 10.9. The van der Waals surface area contributed by atoms with Gasteiger partial charge in [0.15, 0.2) is 5.96 Å². The summed E-state index contributed by atoms with van der Waals surface area (Å²) in [6.45, 7) is 8.24. The predicted octanol–water partition coefficient (Wildman–Crippen LogP) is 4.37. The number of hydrogen-bond acceptors (Lipinski definition) is 4. The van der Waals surface area contributed by atoms with Gasteiger partial charge < -0.3 is 10.2 Å². The number of nitrogens with zero attached hydrogens (tertiary/aromatic N) is 3. The highest BCUT2D eigenvalue weighted by atomic mass is 127. The van der Waals surface area contributed by atoms with E-state index >= 15 is 0 Å². The molecule has 0 saturated carbocycles. The van der Waals surface area contributed by atoms with Crippen molar-refractivity contribution in [2.75, 3.05) is 20.6 Å². The molecule has 0 aromatic carbocycles. The quantitative estimate of drug-likeness (QED) is 0.394. The monoisotopic (exact) mass is 478 g/mol. The summed E-state index contributed by atoms with van der Waals surface area (Å²) < 4.78 is 0. The van der Waals surface area contributed by atoms with Gasteiger partial charge in [0.05, 0.1) is 12.2 Å². The smallest absolute Gasteiger partial charge is 0.193 e. The molecule has 1 N–H and O–H groups in total. The molecule has 134 valence electrons. The molecule has 7 heteroatoms. The van der Waals surface area contributed by atoms with Crippen LogP contribution >= 0.6 is 46.7 Å². The van der Waals surface area contributed by atoms with Gasteiger partial charge in [-0.05, 0) is 17.9 Å². The lowest BCUT2D eigenvalue weighted by molar-refractivity contribution is 0.486. The van der Waals surface area contributed by atoms with Gasteiger partial charge in [0.25, 0.3) is 0 Å². The average molecular weight is 478 g/mol. The molecular formula is C17H27IN4S2. The van der Waals surface area contributed by atoms with Crippen LogP contribution in [0.2, 0.25) is 0 Å². The van der Waals surface area contributed by atoms with Crippen LogP contribution in [0.4, 0.5) is 0 Å². The third kappa shape index (κ3) is 6.33. The van der Waals surface area contributed by atoms with E-state index in [0.717, 1.165) is 36.2 Å². The number of rotatable bonds is 5. The molecule has 2 rings (SSSR count). The van der Waals surface area contributed by atoms with Crippen molar-refractivity contribution in [2.45, 2.75) is 39.2 Å². The van der Waals surface area contributed by atoms with Crippen LogP contribution in [-0.2, 0) is 18.4 Å². The molecule has 0 atom stereocenters. The first-order valence-corrected chi connectivity index (χ1v) is 9.55. The van der Waals surface area contributed by atoms with Crippen molar-refractivity contribution >= 4 is 52.6 Å². The third-order valence-electron chi connectivity index (χ3n) is 3.56. The normalized spacial score (nSPS) is 12.0. The number of aromatic nitrogens is 1. The molecule has 0 bridgehead atoms. The van der Waals surface area contributed by atoms with Crippen molar-refractivity contribution in [3.63, 3.8) is 0 Å². The summed E-state index contributed by atoms with van der Waals surface area (Å²) in [6, 6.07) is 4.28. The molecule has 0 spiro atoms. The molecular weight excluding hydrogens is 451 g/mol. The number of nitrogens with one attached hydrogen (secondary N) is 1. The minimum atomic E-state index is 0. The second-order valence-electron chi connectivity index (χ2n) is 6.53. The molecule has 0 aliphatic heterocycles. The second kappa shape index (κ2) is 9.72. The molecule has 2 aromatic rings. The van der Waals surface area contributed by atoms with Crippen molar-refractivity contribution in [2.24, 2.45) is 4.99 Å². The second-order valence-corrected chi connectivity index (χ2v) is 8.50. The lowest BCUT2D eigenvalue weighted by Gasteiger charge is -2.21. The Kier molecular flexibility index (Phi) is 8.66. The maximum Gasteiger partial charge on any atom is 0.193 e. The van der Waals surface area contributed by atoms with Crippen LogP contribution in [0, 0.1) is 0 Å². The summed E-state index contributed by atoms with van der Waals surface area (Å²) in [5.41, 5.74) is 1.26. The van der Waals surface area contributed by atoms with E-state index in [1.807, 2.05) is 7.05 Å². The standard InChI is InChI=1S/C17H26N4S2.HI/c1-17(2,3)14-12-23-15(20-14)11-19-16(18-4)21(5)9-8-13-7-6-10-22-13;/h6-7,10,12H,8-9,11H2,1-5H3,(H,18,19);1H. The summed E-state index contributed by atoms with van der Waals surface area (Å²) >= 11 is 3.51. The Morgan fingerprint density at radius 3 is 2.62 bits per heavy atom. The Hall–Kier alpha value is -0.670. The van der Waals surface area contributed by atoms with Crippen LogP contribution in [0.3, 0.4) is 0 Å². The van der Waals surface area contributed by atoms with Gasteiger partial charge in [-0.25, -0.2) is 4.98 Å². The van der Waals surface area contributed by atoms with Crippen molar-refractivity contribution < 1.29 is 0 Å². The average Bonchev–Trinajstić information content (AvgIpc) is 3.16.